The number of fused-ring (bicyclic) bond motifs is 1. The molecule has 21 heavy (non-hydrogen) atoms. The maximum atomic E-state index is 12.2. The molecule has 2 N–H and O–H groups in total. The van der Waals surface area contributed by atoms with Gasteiger partial charge in [-0.3, -0.25) is 4.79 Å². The van der Waals surface area contributed by atoms with Gasteiger partial charge in [-0.15, -0.1) is 0 Å². The number of hydrogen-bond donors (Lipinski definition) is 1. The summed E-state index contributed by atoms with van der Waals surface area (Å²) >= 11 is 0. The van der Waals surface area contributed by atoms with Crippen LogP contribution in [0.15, 0.2) is 18.2 Å². The minimum absolute atomic E-state index is 0.0840. The molecular weight excluding hydrogens is 260 g/mol. The van der Waals surface area contributed by atoms with Gasteiger partial charge in [-0.1, -0.05) is 52.3 Å². The summed E-state index contributed by atoms with van der Waals surface area (Å²) in [4.78, 5) is 14.2. The quantitative estimate of drug-likeness (QED) is 0.899. The van der Waals surface area contributed by atoms with E-state index in [0.29, 0.717) is 18.3 Å². The van der Waals surface area contributed by atoms with Gasteiger partial charge in [0.15, 0.2) is 0 Å². The zero-order valence-electron chi connectivity index (χ0n) is 13.7. The molecule has 0 saturated heterocycles. The number of benzene rings is 1. The van der Waals surface area contributed by atoms with Crippen LogP contribution in [0.5, 0.6) is 0 Å². The molecule has 1 aliphatic rings. The third kappa shape index (κ3) is 3.65. The van der Waals surface area contributed by atoms with Crippen LogP contribution in [0.3, 0.4) is 0 Å². The molecule has 1 amide bonds. The maximum Gasteiger partial charge on any atom is 0.223 e. The monoisotopic (exact) mass is 288 g/mol. The Morgan fingerprint density at radius 2 is 1.90 bits per heavy atom. The second-order valence-electron chi connectivity index (χ2n) is 6.79. The van der Waals surface area contributed by atoms with Gasteiger partial charge in [0.2, 0.25) is 5.91 Å². The Balaban J connectivity index is 2.10. The lowest BCUT2D eigenvalue weighted by Crippen LogP contribution is -2.26. The highest BCUT2D eigenvalue weighted by Gasteiger charge is 2.24. The van der Waals surface area contributed by atoms with Crippen molar-refractivity contribution in [3.05, 3.63) is 34.9 Å². The smallest absolute Gasteiger partial charge is 0.223 e. The molecule has 0 aromatic heterocycles. The maximum absolute atomic E-state index is 12.2. The first-order valence-corrected chi connectivity index (χ1v) is 8.07. The molecule has 0 spiro atoms. The molecule has 2 rings (SSSR count). The Morgan fingerprint density at radius 1 is 1.24 bits per heavy atom. The number of nitrogens with two attached hydrogens (primary N) is 1. The van der Waals surface area contributed by atoms with Crippen LogP contribution >= 0.6 is 0 Å². The second-order valence-corrected chi connectivity index (χ2v) is 6.79. The van der Waals surface area contributed by atoms with Gasteiger partial charge in [-0.25, -0.2) is 0 Å². The third-order valence-electron chi connectivity index (χ3n) is 4.53. The van der Waals surface area contributed by atoms with Crippen molar-refractivity contribution < 1.29 is 4.79 Å². The van der Waals surface area contributed by atoms with Gasteiger partial charge in [-0.2, -0.15) is 0 Å². The highest BCUT2D eigenvalue weighted by atomic mass is 16.2. The summed E-state index contributed by atoms with van der Waals surface area (Å²) in [6.07, 6.45) is 1.71. The highest BCUT2D eigenvalue weighted by Crippen LogP contribution is 2.29. The largest absolute Gasteiger partial charge is 0.334 e. The van der Waals surface area contributed by atoms with E-state index in [2.05, 4.69) is 45.9 Å². The molecule has 2 unspecified atom stereocenters. The first-order valence-electron chi connectivity index (χ1n) is 8.07. The zero-order chi connectivity index (χ0) is 15.6. The summed E-state index contributed by atoms with van der Waals surface area (Å²) in [5.74, 6) is 1.15. The fraction of sp³-hybridized carbons (Fsp3) is 0.611. The topological polar surface area (TPSA) is 46.3 Å². The fourth-order valence-corrected chi connectivity index (χ4v) is 2.86. The summed E-state index contributed by atoms with van der Waals surface area (Å²) in [5, 5.41) is 0. The summed E-state index contributed by atoms with van der Waals surface area (Å²) in [6, 6.07) is 6.57. The van der Waals surface area contributed by atoms with Crippen LogP contribution in [-0.2, 0) is 17.9 Å². The molecule has 2 atom stereocenters. The molecule has 1 aromatic rings. The Labute approximate surface area is 128 Å². The zero-order valence-corrected chi connectivity index (χ0v) is 13.7. The van der Waals surface area contributed by atoms with Crippen molar-refractivity contribution in [3.8, 4) is 0 Å². The average molecular weight is 288 g/mol. The summed E-state index contributed by atoms with van der Waals surface area (Å²) < 4.78 is 0. The van der Waals surface area contributed by atoms with E-state index in [4.69, 9.17) is 5.73 Å². The number of carbonyl (C=O) groups is 1. The van der Waals surface area contributed by atoms with Crippen LogP contribution in [0.25, 0.3) is 0 Å². The van der Waals surface area contributed by atoms with Gasteiger partial charge in [0.25, 0.3) is 0 Å². The third-order valence-corrected chi connectivity index (χ3v) is 4.53. The number of carbonyl (C=O) groups excluding carboxylic acids is 1. The van der Waals surface area contributed by atoms with Crippen molar-refractivity contribution in [1.82, 2.24) is 4.90 Å². The normalized spacial score (nSPS) is 17.0. The van der Waals surface area contributed by atoms with Crippen molar-refractivity contribution >= 4 is 5.91 Å². The van der Waals surface area contributed by atoms with Crippen molar-refractivity contribution in [3.63, 3.8) is 0 Å². The van der Waals surface area contributed by atoms with Crippen molar-refractivity contribution in [1.29, 1.82) is 0 Å². The summed E-state index contributed by atoms with van der Waals surface area (Å²) in [5.41, 5.74) is 10.1. The number of nitrogens with zero attached hydrogens (tertiary/aromatic N) is 1. The lowest BCUT2D eigenvalue weighted by atomic mass is 9.91. The Morgan fingerprint density at radius 3 is 2.52 bits per heavy atom. The van der Waals surface area contributed by atoms with Crippen LogP contribution in [0.4, 0.5) is 0 Å². The average Bonchev–Trinajstić information content (AvgIpc) is 2.87. The van der Waals surface area contributed by atoms with E-state index < -0.39 is 0 Å². The number of hydrogen-bond acceptors (Lipinski definition) is 2. The minimum Gasteiger partial charge on any atom is -0.334 e. The molecule has 0 fully saturated rings. The molecular formula is C18H28N2O. The molecule has 3 heteroatoms. The van der Waals surface area contributed by atoms with Gasteiger partial charge in [0.1, 0.15) is 0 Å². The number of amides is 1. The predicted octanol–water partition coefficient (Wildman–Crippen LogP) is 3.62. The van der Waals surface area contributed by atoms with Gasteiger partial charge < -0.3 is 10.6 Å². The molecule has 1 aliphatic heterocycles. The van der Waals surface area contributed by atoms with Crippen molar-refractivity contribution in [2.45, 2.75) is 59.7 Å². The van der Waals surface area contributed by atoms with E-state index in [-0.39, 0.29) is 11.9 Å². The van der Waals surface area contributed by atoms with E-state index in [1.165, 1.54) is 16.7 Å². The van der Waals surface area contributed by atoms with Gasteiger partial charge in [0, 0.05) is 25.6 Å². The van der Waals surface area contributed by atoms with Crippen LogP contribution in [0, 0.1) is 11.8 Å². The molecule has 1 heterocycles. The van der Waals surface area contributed by atoms with Crippen molar-refractivity contribution in [2.75, 3.05) is 0 Å². The van der Waals surface area contributed by atoms with E-state index in [1.54, 1.807) is 0 Å². The van der Waals surface area contributed by atoms with Gasteiger partial charge in [-0.05, 0) is 28.5 Å². The minimum atomic E-state index is 0.0840. The van der Waals surface area contributed by atoms with E-state index in [9.17, 15) is 4.79 Å². The molecule has 0 aliphatic carbocycles. The van der Waals surface area contributed by atoms with Crippen molar-refractivity contribution in [2.24, 2.45) is 17.6 Å². The number of rotatable bonds is 5. The summed E-state index contributed by atoms with van der Waals surface area (Å²) in [7, 11) is 0. The summed E-state index contributed by atoms with van der Waals surface area (Å²) in [6.45, 7) is 10.0. The van der Waals surface area contributed by atoms with Crippen LogP contribution < -0.4 is 5.73 Å². The first-order chi connectivity index (χ1) is 9.92. The van der Waals surface area contributed by atoms with Crippen LogP contribution in [-0.4, -0.2) is 10.8 Å². The van der Waals surface area contributed by atoms with Crippen LogP contribution in [0.2, 0.25) is 0 Å². The van der Waals surface area contributed by atoms with E-state index in [0.717, 1.165) is 19.5 Å². The van der Waals surface area contributed by atoms with E-state index in [1.807, 2.05) is 4.90 Å². The van der Waals surface area contributed by atoms with Crippen LogP contribution in [0.1, 0.15) is 63.3 Å². The predicted molar refractivity (Wildman–Crippen MR) is 86.5 cm³/mol. The highest BCUT2D eigenvalue weighted by molar-refractivity contribution is 5.77. The Hall–Kier alpha value is -1.35. The molecule has 3 nitrogen and oxygen atoms in total. The molecule has 0 saturated carbocycles. The lowest BCUT2D eigenvalue weighted by molar-refractivity contribution is -0.132. The lowest BCUT2D eigenvalue weighted by Gasteiger charge is -2.19. The molecule has 116 valence electrons. The SMILES string of the molecule is CCC(C)C(N)c1ccc2c(c1)CN(C(=O)CC(C)C)C2. The second kappa shape index (κ2) is 6.61. The van der Waals surface area contributed by atoms with Gasteiger partial charge >= 0.3 is 0 Å². The molecule has 0 radical (unpaired) electrons. The fourth-order valence-electron chi connectivity index (χ4n) is 2.86. The standard InChI is InChI=1S/C18H28N2O/c1-5-13(4)18(19)14-6-7-15-10-20(11-16(15)9-14)17(21)8-12(2)3/h6-7,9,12-13,18H,5,8,10-11,19H2,1-4H3. The van der Waals surface area contributed by atoms with Gasteiger partial charge in [0.05, 0.1) is 0 Å². The molecule has 1 aromatic carbocycles. The molecule has 0 bridgehead atoms. The first kappa shape index (κ1) is 16.0. The Kier molecular flexibility index (Phi) is 5.04. The van der Waals surface area contributed by atoms with E-state index >= 15 is 0 Å². The Bertz CT molecular complexity index is 510.